The predicted molar refractivity (Wildman–Crippen MR) is 79.2 cm³/mol. The van der Waals surface area contributed by atoms with Gasteiger partial charge in [-0.2, -0.15) is 0 Å². The van der Waals surface area contributed by atoms with Crippen molar-refractivity contribution in [1.82, 2.24) is 0 Å². The molecule has 0 saturated heterocycles. The molecule has 1 atom stereocenters. The van der Waals surface area contributed by atoms with E-state index < -0.39 is 5.38 Å². The van der Waals surface area contributed by atoms with E-state index in [1.807, 2.05) is 6.07 Å². The van der Waals surface area contributed by atoms with Crippen LogP contribution in [0.1, 0.15) is 16.5 Å². The maximum Gasteiger partial charge on any atom is 0.161 e. The van der Waals surface area contributed by atoms with Crippen LogP contribution in [0.2, 0.25) is 0 Å². The summed E-state index contributed by atoms with van der Waals surface area (Å²) in [5, 5.41) is -0.580. The fourth-order valence-corrected chi connectivity index (χ4v) is 2.80. The molecule has 0 saturated carbocycles. The highest BCUT2D eigenvalue weighted by molar-refractivity contribution is 9.10. The first-order valence-corrected chi connectivity index (χ1v) is 7.37. The standard InChI is InChI=1S/C15H11BrClFO2/c16-11-3-1-2-10(15(11)18)14(17)9-4-5-12-13(8-9)20-7-6-19-12/h1-5,8,14H,6-7H2. The van der Waals surface area contributed by atoms with Crippen molar-refractivity contribution < 1.29 is 13.9 Å². The highest BCUT2D eigenvalue weighted by atomic mass is 79.9. The van der Waals surface area contributed by atoms with Crippen molar-refractivity contribution in [2.75, 3.05) is 13.2 Å². The molecule has 1 aliphatic rings. The van der Waals surface area contributed by atoms with Crippen LogP contribution in [0, 0.1) is 5.82 Å². The second-order valence-electron chi connectivity index (χ2n) is 4.41. The van der Waals surface area contributed by atoms with Gasteiger partial charge in [-0.15, -0.1) is 11.6 Å². The van der Waals surface area contributed by atoms with Gasteiger partial charge in [0, 0.05) is 5.56 Å². The summed E-state index contributed by atoms with van der Waals surface area (Å²) in [7, 11) is 0. The van der Waals surface area contributed by atoms with Gasteiger partial charge in [-0.1, -0.05) is 18.2 Å². The van der Waals surface area contributed by atoms with E-state index in [4.69, 9.17) is 21.1 Å². The van der Waals surface area contributed by atoms with Gasteiger partial charge in [-0.05, 0) is 39.7 Å². The Bertz CT molecular complexity index is 648. The van der Waals surface area contributed by atoms with E-state index in [1.54, 1.807) is 30.3 Å². The van der Waals surface area contributed by atoms with Crippen molar-refractivity contribution in [3.8, 4) is 11.5 Å². The van der Waals surface area contributed by atoms with Crippen molar-refractivity contribution >= 4 is 27.5 Å². The molecular weight excluding hydrogens is 347 g/mol. The Balaban J connectivity index is 1.98. The smallest absolute Gasteiger partial charge is 0.161 e. The van der Waals surface area contributed by atoms with Gasteiger partial charge < -0.3 is 9.47 Å². The first-order valence-electron chi connectivity index (χ1n) is 6.14. The third-order valence-corrected chi connectivity index (χ3v) is 4.21. The molecule has 0 amide bonds. The maximum absolute atomic E-state index is 14.1. The molecule has 0 aromatic heterocycles. The van der Waals surface area contributed by atoms with Gasteiger partial charge >= 0.3 is 0 Å². The Labute approximate surface area is 129 Å². The predicted octanol–water partition coefficient (Wildman–Crippen LogP) is 4.69. The van der Waals surface area contributed by atoms with Crippen LogP contribution < -0.4 is 9.47 Å². The zero-order chi connectivity index (χ0) is 14.1. The van der Waals surface area contributed by atoms with Crippen molar-refractivity contribution in [3.05, 3.63) is 57.8 Å². The molecule has 0 spiro atoms. The Kier molecular flexibility index (Phi) is 3.85. The van der Waals surface area contributed by atoms with E-state index in [-0.39, 0.29) is 5.82 Å². The van der Waals surface area contributed by atoms with E-state index in [0.29, 0.717) is 34.7 Å². The molecule has 1 unspecified atom stereocenters. The van der Waals surface area contributed by atoms with Gasteiger partial charge in [0.1, 0.15) is 19.0 Å². The van der Waals surface area contributed by atoms with Gasteiger partial charge in [-0.3, -0.25) is 0 Å². The molecule has 2 aromatic rings. The largest absolute Gasteiger partial charge is 0.486 e. The molecule has 20 heavy (non-hydrogen) atoms. The number of halogens is 3. The minimum atomic E-state index is -0.580. The highest BCUT2D eigenvalue weighted by Crippen LogP contribution is 2.38. The number of benzene rings is 2. The average molecular weight is 358 g/mol. The number of hydrogen-bond acceptors (Lipinski definition) is 2. The summed E-state index contributed by atoms with van der Waals surface area (Å²) in [5.41, 5.74) is 1.20. The lowest BCUT2D eigenvalue weighted by atomic mass is 10.0. The lowest BCUT2D eigenvalue weighted by molar-refractivity contribution is 0.171. The number of hydrogen-bond donors (Lipinski definition) is 0. The molecule has 1 heterocycles. The number of rotatable bonds is 2. The van der Waals surface area contributed by atoms with Gasteiger partial charge in [-0.25, -0.2) is 4.39 Å². The van der Waals surface area contributed by atoms with Crippen LogP contribution in [0.15, 0.2) is 40.9 Å². The van der Waals surface area contributed by atoms with Crippen molar-refractivity contribution in [1.29, 1.82) is 0 Å². The van der Waals surface area contributed by atoms with E-state index in [2.05, 4.69) is 15.9 Å². The number of alkyl halides is 1. The van der Waals surface area contributed by atoms with E-state index in [1.165, 1.54) is 0 Å². The normalized spacial score (nSPS) is 14.9. The van der Waals surface area contributed by atoms with Crippen LogP contribution in [0.25, 0.3) is 0 Å². The van der Waals surface area contributed by atoms with Gasteiger partial charge in [0.05, 0.1) is 9.85 Å². The zero-order valence-corrected chi connectivity index (χ0v) is 12.7. The molecule has 0 radical (unpaired) electrons. The Morgan fingerprint density at radius 2 is 1.85 bits per heavy atom. The molecule has 0 fully saturated rings. The van der Waals surface area contributed by atoms with Crippen LogP contribution in [-0.4, -0.2) is 13.2 Å². The summed E-state index contributed by atoms with van der Waals surface area (Å²) in [6.07, 6.45) is 0. The van der Waals surface area contributed by atoms with Crippen molar-refractivity contribution in [2.24, 2.45) is 0 Å². The maximum atomic E-state index is 14.1. The summed E-state index contributed by atoms with van der Waals surface area (Å²) in [4.78, 5) is 0. The first-order chi connectivity index (χ1) is 9.66. The molecular formula is C15H11BrClFO2. The monoisotopic (exact) mass is 356 g/mol. The van der Waals surface area contributed by atoms with Gasteiger partial charge in [0.2, 0.25) is 0 Å². The molecule has 104 valence electrons. The molecule has 5 heteroatoms. The quantitative estimate of drug-likeness (QED) is 0.726. The highest BCUT2D eigenvalue weighted by Gasteiger charge is 2.20. The van der Waals surface area contributed by atoms with Crippen LogP contribution in [-0.2, 0) is 0 Å². The van der Waals surface area contributed by atoms with E-state index >= 15 is 0 Å². The number of ether oxygens (including phenoxy) is 2. The van der Waals surface area contributed by atoms with Crippen molar-refractivity contribution in [2.45, 2.75) is 5.38 Å². The Morgan fingerprint density at radius 3 is 2.65 bits per heavy atom. The van der Waals surface area contributed by atoms with E-state index in [0.717, 1.165) is 5.56 Å². The molecule has 2 aromatic carbocycles. The average Bonchev–Trinajstić information content (AvgIpc) is 2.49. The third-order valence-electron chi connectivity index (χ3n) is 3.11. The first kappa shape index (κ1) is 13.7. The minimum Gasteiger partial charge on any atom is -0.486 e. The van der Waals surface area contributed by atoms with Crippen LogP contribution >= 0.6 is 27.5 Å². The summed E-state index contributed by atoms with van der Waals surface area (Å²) in [5.74, 6) is 0.996. The topological polar surface area (TPSA) is 18.5 Å². The molecule has 3 rings (SSSR count). The minimum absolute atomic E-state index is 0.345. The summed E-state index contributed by atoms with van der Waals surface area (Å²) < 4.78 is 25.5. The second-order valence-corrected chi connectivity index (χ2v) is 5.70. The Morgan fingerprint density at radius 1 is 1.10 bits per heavy atom. The molecule has 1 aliphatic heterocycles. The lowest BCUT2D eigenvalue weighted by Crippen LogP contribution is -2.15. The molecule has 2 nitrogen and oxygen atoms in total. The fourth-order valence-electron chi connectivity index (χ4n) is 2.11. The summed E-state index contributed by atoms with van der Waals surface area (Å²) in [6, 6.07) is 10.5. The second kappa shape index (κ2) is 5.62. The summed E-state index contributed by atoms with van der Waals surface area (Å²) in [6.45, 7) is 1.05. The molecule has 0 N–H and O–H groups in total. The molecule has 0 aliphatic carbocycles. The Hall–Kier alpha value is -1.26. The lowest BCUT2D eigenvalue weighted by Gasteiger charge is -2.20. The molecule has 0 bridgehead atoms. The fraction of sp³-hybridized carbons (Fsp3) is 0.200. The van der Waals surface area contributed by atoms with E-state index in [9.17, 15) is 4.39 Å². The summed E-state index contributed by atoms with van der Waals surface area (Å²) >= 11 is 9.56. The van der Waals surface area contributed by atoms with Crippen molar-refractivity contribution in [3.63, 3.8) is 0 Å². The van der Waals surface area contributed by atoms with Crippen LogP contribution in [0.4, 0.5) is 4.39 Å². The third kappa shape index (κ3) is 2.50. The van der Waals surface area contributed by atoms with Gasteiger partial charge in [0.15, 0.2) is 11.5 Å². The number of fused-ring (bicyclic) bond motifs is 1. The zero-order valence-electron chi connectivity index (χ0n) is 10.4. The van der Waals surface area contributed by atoms with Gasteiger partial charge in [0.25, 0.3) is 0 Å². The van der Waals surface area contributed by atoms with Crippen LogP contribution in [0.5, 0.6) is 11.5 Å². The SMILES string of the molecule is Fc1c(Br)cccc1C(Cl)c1ccc2c(c1)OCCO2. The van der Waals surface area contributed by atoms with Crippen LogP contribution in [0.3, 0.4) is 0 Å².